The fourth-order valence-electron chi connectivity index (χ4n) is 2.01. The van der Waals surface area contributed by atoms with E-state index in [1.54, 1.807) is 13.8 Å². The first-order valence-electron chi connectivity index (χ1n) is 5.80. The average molecular weight is 301 g/mol. The topological polar surface area (TPSA) is 83.0 Å². The number of hydrogen-bond acceptors (Lipinski definition) is 5. The Morgan fingerprint density at radius 1 is 1.55 bits per heavy atom. The Balaban J connectivity index is 2.94. The van der Waals surface area contributed by atoms with Crippen LogP contribution in [0.15, 0.2) is 6.33 Å². The monoisotopic (exact) mass is 300 g/mol. The summed E-state index contributed by atoms with van der Waals surface area (Å²) >= 11 is 6.23. The number of ether oxygens (including phenoxy) is 1. The summed E-state index contributed by atoms with van der Waals surface area (Å²) in [6.07, 6.45) is 1.24. The molecule has 0 aromatic carbocycles. The van der Waals surface area contributed by atoms with Crippen LogP contribution in [-0.2, 0) is 10.3 Å². The van der Waals surface area contributed by atoms with Gasteiger partial charge < -0.3 is 15.0 Å². The van der Waals surface area contributed by atoms with Gasteiger partial charge in [0.25, 0.3) is 0 Å². The smallest absolute Gasteiger partial charge is 0.341 e. The highest BCUT2D eigenvalue weighted by Crippen LogP contribution is 2.36. The number of aromatic nitrogens is 3. The fraction of sp³-hybridized carbons (Fsp3) is 0.417. The number of nitrogens with zero attached hydrogens (tertiary/aromatic N) is 3. The van der Waals surface area contributed by atoms with Crippen molar-refractivity contribution in [3.63, 3.8) is 0 Å². The van der Waals surface area contributed by atoms with Crippen LogP contribution in [0.5, 0.6) is 0 Å². The van der Waals surface area contributed by atoms with Gasteiger partial charge in [-0.1, -0.05) is 11.6 Å². The van der Waals surface area contributed by atoms with E-state index >= 15 is 0 Å². The van der Waals surface area contributed by atoms with Gasteiger partial charge in [0.2, 0.25) is 0 Å². The summed E-state index contributed by atoms with van der Waals surface area (Å²) in [5.41, 5.74) is 5.15. The van der Waals surface area contributed by atoms with Gasteiger partial charge in [-0.3, -0.25) is 0 Å². The maximum absolute atomic E-state index is 13.3. The highest BCUT2D eigenvalue weighted by molar-refractivity contribution is 6.35. The van der Waals surface area contributed by atoms with Crippen LogP contribution < -0.4 is 5.73 Å². The number of halogens is 2. The summed E-state index contributed by atoms with van der Waals surface area (Å²) < 4.78 is 19.4. The highest BCUT2D eigenvalue weighted by atomic mass is 35.5. The minimum Gasteiger partial charge on any atom is -0.465 e. The molecule has 0 spiro atoms. The van der Waals surface area contributed by atoms with E-state index in [2.05, 4.69) is 9.97 Å². The number of rotatable bonds is 3. The Kier molecular flexibility index (Phi) is 3.56. The normalized spacial score (nSPS) is 11.8. The van der Waals surface area contributed by atoms with E-state index in [1.807, 2.05) is 0 Å². The predicted octanol–water partition coefficient (Wildman–Crippen LogP) is 2.16. The van der Waals surface area contributed by atoms with Crippen molar-refractivity contribution in [2.24, 2.45) is 0 Å². The number of hydrogen-bond donors (Lipinski definition) is 1. The molecule has 108 valence electrons. The molecule has 0 atom stereocenters. The van der Waals surface area contributed by atoms with E-state index in [1.165, 1.54) is 18.0 Å². The van der Waals surface area contributed by atoms with Crippen molar-refractivity contribution >= 4 is 34.4 Å². The van der Waals surface area contributed by atoms with Crippen LogP contribution in [0.4, 0.5) is 10.2 Å². The summed E-state index contributed by atoms with van der Waals surface area (Å²) in [5, 5.41) is 0.299. The summed E-state index contributed by atoms with van der Waals surface area (Å²) in [6.45, 7) is 2.58. The number of fused-ring (bicyclic) bond motifs is 1. The van der Waals surface area contributed by atoms with Crippen LogP contribution in [0.25, 0.3) is 11.0 Å². The first kappa shape index (κ1) is 14.5. The van der Waals surface area contributed by atoms with E-state index in [4.69, 9.17) is 22.1 Å². The number of anilines is 1. The SMILES string of the molecule is COC(=O)c1c(Cl)n(C(C)(C)CF)c2ncnc(N)c12. The van der Waals surface area contributed by atoms with E-state index in [9.17, 15) is 9.18 Å². The van der Waals surface area contributed by atoms with Crippen LogP contribution in [0.3, 0.4) is 0 Å². The van der Waals surface area contributed by atoms with Crippen molar-refractivity contribution in [1.29, 1.82) is 0 Å². The van der Waals surface area contributed by atoms with E-state index in [0.29, 0.717) is 5.65 Å². The van der Waals surface area contributed by atoms with Crippen LogP contribution in [0.1, 0.15) is 24.2 Å². The minimum atomic E-state index is -0.984. The third kappa shape index (κ3) is 1.98. The number of carbonyl (C=O) groups excluding carboxylic acids is 1. The first-order chi connectivity index (χ1) is 9.35. The molecule has 2 aromatic rings. The molecule has 0 unspecified atom stereocenters. The molecule has 0 saturated heterocycles. The lowest BCUT2D eigenvalue weighted by molar-refractivity contribution is 0.0602. The van der Waals surface area contributed by atoms with Crippen LogP contribution in [0.2, 0.25) is 5.15 Å². The summed E-state index contributed by atoms with van der Waals surface area (Å²) in [5.74, 6) is -0.583. The molecule has 2 heterocycles. The number of methoxy groups -OCH3 is 1. The van der Waals surface area contributed by atoms with Crippen LogP contribution in [-0.4, -0.2) is 34.3 Å². The average Bonchev–Trinajstić information content (AvgIpc) is 2.72. The first-order valence-corrected chi connectivity index (χ1v) is 6.18. The maximum atomic E-state index is 13.3. The van der Waals surface area contributed by atoms with Gasteiger partial charge in [-0.15, -0.1) is 0 Å². The zero-order valence-corrected chi connectivity index (χ0v) is 12.0. The molecule has 0 aliphatic heterocycles. The number of nitrogens with two attached hydrogens (primary N) is 1. The summed E-state index contributed by atoms with van der Waals surface area (Å²) in [6, 6.07) is 0. The van der Waals surface area contributed by atoms with Crippen molar-refractivity contribution in [2.75, 3.05) is 19.5 Å². The molecule has 0 bridgehead atoms. The highest BCUT2D eigenvalue weighted by Gasteiger charge is 2.32. The molecule has 0 radical (unpaired) electrons. The second-order valence-corrected chi connectivity index (χ2v) is 5.25. The largest absolute Gasteiger partial charge is 0.465 e. The van der Waals surface area contributed by atoms with Gasteiger partial charge in [0.15, 0.2) is 0 Å². The Morgan fingerprint density at radius 2 is 2.20 bits per heavy atom. The predicted molar refractivity (Wildman–Crippen MR) is 73.6 cm³/mol. The zero-order valence-electron chi connectivity index (χ0n) is 11.3. The third-order valence-corrected chi connectivity index (χ3v) is 3.40. The van der Waals surface area contributed by atoms with Gasteiger partial charge in [0.1, 0.15) is 35.2 Å². The van der Waals surface area contributed by atoms with Crippen molar-refractivity contribution in [1.82, 2.24) is 14.5 Å². The molecule has 2 aromatic heterocycles. The molecular formula is C12H14ClFN4O2. The molecule has 0 fully saturated rings. The second-order valence-electron chi connectivity index (χ2n) is 4.90. The number of nitrogen functional groups attached to an aromatic ring is 1. The maximum Gasteiger partial charge on any atom is 0.341 e. The number of alkyl halides is 1. The number of esters is 1. The molecule has 0 amide bonds. The van der Waals surface area contributed by atoms with E-state index in [0.717, 1.165) is 0 Å². The molecule has 0 aliphatic rings. The summed E-state index contributed by atoms with van der Waals surface area (Å²) in [7, 11) is 1.22. The molecule has 2 rings (SSSR count). The lowest BCUT2D eigenvalue weighted by Crippen LogP contribution is -2.29. The van der Waals surface area contributed by atoms with Crippen molar-refractivity contribution in [3.05, 3.63) is 17.0 Å². The van der Waals surface area contributed by atoms with E-state index < -0.39 is 18.2 Å². The zero-order chi connectivity index (χ0) is 15.1. The van der Waals surface area contributed by atoms with Gasteiger partial charge in [-0.25, -0.2) is 19.2 Å². The quantitative estimate of drug-likeness (QED) is 0.878. The van der Waals surface area contributed by atoms with Gasteiger partial charge >= 0.3 is 5.97 Å². The van der Waals surface area contributed by atoms with Gasteiger partial charge in [0.05, 0.1) is 18.0 Å². The van der Waals surface area contributed by atoms with E-state index in [-0.39, 0.29) is 21.9 Å². The van der Waals surface area contributed by atoms with Gasteiger partial charge in [0, 0.05) is 0 Å². The standard InChI is InChI=1S/C12H14ClFN4O2/c1-12(2,4-14)18-8(13)6(11(19)20-3)7-9(15)16-5-17-10(7)18/h5H,4H2,1-3H3,(H2,15,16,17). The Bertz CT molecular complexity index is 684. The third-order valence-electron chi connectivity index (χ3n) is 3.04. The lowest BCUT2D eigenvalue weighted by atomic mass is 10.1. The Hall–Kier alpha value is -1.89. The molecule has 2 N–H and O–H groups in total. The summed E-state index contributed by atoms with van der Waals surface area (Å²) in [4.78, 5) is 19.8. The molecule has 0 aliphatic carbocycles. The molecule has 0 saturated carbocycles. The van der Waals surface area contributed by atoms with Gasteiger partial charge in [-0.05, 0) is 13.8 Å². The lowest BCUT2D eigenvalue weighted by Gasteiger charge is -2.24. The van der Waals surface area contributed by atoms with Crippen molar-refractivity contribution in [2.45, 2.75) is 19.4 Å². The molecular weight excluding hydrogens is 287 g/mol. The second kappa shape index (κ2) is 4.90. The molecule has 8 heteroatoms. The Labute approximate surface area is 119 Å². The Morgan fingerprint density at radius 3 is 2.75 bits per heavy atom. The van der Waals surface area contributed by atoms with Gasteiger partial charge in [-0.2, -0.15) is 0 Å². The fourth-order valence-corrected chi connectivity index (χ4v) is 2.49. The van der Waals surface area contributed by atoms with Crippen molar-refractivity contribution < 1.29 is 13.9 Å². The number of carbonyl (C=O) groups is 1. The molecule has 6 nitrogen and oxygen atoms in total. The molecule has 20 heavy (non-hydrogen) atoms. The van der Waals surface area contributed by atoms with Crippen LogP contribution >= 0.6 is 11.6 Å². The minimum absolute atomic E-state index is 0.0294. The van der Waals surface area contributed by atoms with Crippen molar-refractivity contribution in [3.8, 4) is 0 Å². The van der Waals surface area contributed by atoms with Crippen LogP contribution in [0, 0.1) is 0 Å².